The number of aliphatic hydroxyl groups is 1. The van der Waals surface area contributed by atoms with Gasteiger partial charge in [0.1, 0.15) is 5.75 Å². The van der Waals surface area contributed by atoms with Crippen LogP contribution < -0.4 is 10.1 Å². The topological polar surface area (TPSA) is 41.5 Å². The lowest BCUT2D eigenvalue weighted by Gasteiger charge is -2.31. The Morgan fingerprint density at radius 1 is 1.26 bits per heavy atom. The second-order valence-corrected chi connectivity index (χ2v) is 5.47. The fourth-order valence-electron chi connectivity index (χ4n) is 2.33. The van der Waals surface area contributed by atoms with E-state index in [-0.39, 0.29) is 6.10 Å². The van der Waals surface area contributed by atoms with E-state index in [4.69, 9.17) is 4.74 Å². The van der Waals surface area contributed by atoms with Crippen LogP contribution in [-0.2, 0) is 6.54 Å². The lowest BCUT2D eigenvalue weighted by Crippen LogP contribution is -2.35. The fourth-order valence-corrected chi connectivity index (χ4v) is 2.33. The van der Waals surface area contributed by atoms with E-state index in [1.54, 1.807) is 0 Å². The van der Waals surface area contributed by atoms with E-state index < -0.39 is 0 Å². The number of ether oxygens (including phenoxy) is 1. The molecule has 1 aromatic carbocycles. The maximum atomic E-state index is 9.21. The first-order valence-electron chi connectivity index (χ1n) is 7.38. The molecule has 0 spiro atoms. The van der Waals surface area contributed by atoms with Crippen LogP contribution in [0.3, 0.4) is 0 Å². The van der Waals surface area contributed by atoms with E-state index >= 15 is 0 Å². The molecule has 3 heteroatoms. The summed E-state index contributed by atoms with van der Waals surface area (Å²) >= 11 is 0. The maximum Gasteiger partial charge on any atom is 0.119 e. The molecule has 2 rings (SSSR count). The van der Waals surface area contributed by atoms with Crippen LogP contribution >= 0.6 is 0 Å². The molecule has 1 aliphatic carbocycles. The van der Waals surface area contributed by atoms with Gasteiger partial charge in [0.25, 0.3) is 0 Å². The van der Waals surface area contributed by atoms with Crippen LogP contribution in [0.2, 0.25) is 0 Å². The minimum absolute atomic E-state index is 0.0497. The first-order chi connectivity index (χ1) is 9.28. The number of rotatable bonds is 8. The summed E-state index contributed by atoms with van der Waals surface area (Å²) in [7, 11) is 0. The number of nitrogens with one attached hydrogen (secondary N) is 1. The van der Waals surface area contributed by atoms with Crippen LogP contribution in [0.25, 0.3) is 0 Å². The van der Waals surface area contributed by atoms with Gasteiger partial charge in [-0.05, 0) is 49.4 Å². The van der Waals surface area contributed by atoms with Gasteiger partial charge in [-0.3, -0.25) is 0 Å². The monoisotopic (exact) mass is 263 g/mol. The molecule has 0 aliphatic heterocycles. The number of hydrogen-bond donors (Lipinski definition) is 2. The maximum absolute atomic E-state index is 9.21. The molecule has 1 fully saturated rings. The van der Waals surface area contributed by atoms with Gasteiger partial charge in [-0.15, -0.1) is 0 Å². The van der Waals surface area contributed by atoms with Crippen LogP contribution in [0.15, 0.2) is 24.3 Å². The van der Waals surface area contributed by atoms with Crippen LogP contribution in [0.5, 0.6) is 5.75 Å². The van der Waals surface area contributed by atoms with Crippen LogP contribution in [0.1, 0.15) is 38.2 Å². The van der Waals surface area contributed by atoms with Gasteiger partial charge in [0, 0.05) is 6.54 Å². The number of hydrogen-bond acceptors (Lipinski definition) is 3. The molecule has 0 aromatic heterocycles. The summed E-state index contributed by atoms with van der Waals surface area (Å²) in [6.07, 6.45) is 4.13. The molecule has 106 valence electrons. The van der Waals surface area contributed by atoms with Crippen molar-refractivity contribution in [2.24, 2.45) is 5.92 Å². The molecular weight excluding hydrogens is 238 g/mol. The predicted molar refractivity (Wildman–Crippen MR) is 77.3 cm³/mol. The van der Waals surface area contributed by atoms with E-state index in [1.165, 1.54) is 5.56 Å². The summed E-state index contributed by atoms with van der Waals surface area (Å²) in [4.78, 5) is 0. The Labute approximate surface area is 116 Å². The van der Waals surface area contributed by atoms with Crippen molar-refractivity contribution in [2.45, 2.75) is 45.3 Å². The Kier molecular flexibility index (Phi) is 5.67. The van der Waals surface area contributed by atoms with Crippen LogP contribution in [0, 0.1) is 5.92 Å². The molecule has 0 saturated heterocycles. The van der Waals surface area contributed by atoms with Gasteiger partial charge in [-0.1, -0.05) is 25.5 Å². The molecule has 1 aromatic rings. The molecule has 0 atom stereocenters. The van der Waals surface area contributed by atoms with Gasteiger partial charge in [-0.25, -0.2) is 0 Å². The molecule has 19 heavy (non-hydrogen) atoms. The summed E-state index contributed by atoms with van der Waals surface area (Å²) in [6, 6.07) is 8.31. The Bertz CT molecular complexity index is 358. The first kappa shape index (κ1) is 14.4. The molecule has 0 bridgehead atoms. The third-order valence-electron chi connectivity index (χ3n) is 3.66. The van der Waals surface area contributed by atoms with E-state index in [0.29, 0.717) is 5.92 Å². The normalized spacial score (nSPS) is 22.0. The number of benzene rings is 1. The van der Waals surface area contributed by atoms with Gasteiger partial charge in [0.2, 0.25) is 0 Å². The highest BCUT2D eigenvalue weighted by molar-refractivity contribution is 5.27. The van der Waals surface area contributed by atoms with E-state index in [1.807, 2.05) is 12.1 Å². The first-order valence-corrected chi connectivity index (χ1v) is 7.38. The smallest absolute Gasteiger partial charge is 0.119 e. The molecule has 0 radical (unpaired) electrons. The average Bonchev–Trinajstić information content (AvgIpc) is 2.39. The molecule has 3 nitrogen and oxygen atoms in total. The highest BCUT2D eigenvalue weighted by atomic mass is 16.5. The summed E-state index contributed by atoms with van der Waals surface area (Å²) < 4.78 is 5.63. The van der Waals surface area contributed by atoms with E-state index in [0.717, 1.165) is 51.1 Å². The van der Waals surface area contributed by atoms with Gasteiger partial charge in [0.15, 0.2) is 0 Å². The summed E-state index contributed by atoms with van der Waals surface area (Å²) in [5.41, 5.74) is 1.28. The molecular formula is C16H25NO2. The van der Waals surface area contributed by atoms with E-state index in [9.17, 15) is 5.11 Å². The van der Waals surface area contributed by atoms with Crippen molar-refractivity contribution in [2.75, 3.05) is 13.2 Å². The molecule has 1 saturated carbocycles. The molecule has 0 heterocycles. The number of unbranched alkanes of at least 4 members (excludes halogenated alkanes) is 1. The zero-order valence-electron chi connectivity index (χ0n) is 11.8. The quantitative estimate of drug-likeness (QED) is 0.709. The minimum Gasteiger partial charge on any atom is -0.494 e. The molecule has 2 N–H and O–H groups in total. The Morgan fingerprint density at radius 2 is 2.00 bits per heavy atom. The van der Waals surface area contributed by atoms with Crippen molar-refractivity contribution in [1.82, 2.24) is 5.32 Å². The van der Waals surface area contributed by atoms with E-state index in [2.05, 4.69) is 24.4 Å². The number of aliphatic hydroxyl groups excluding tert-OH is 1. The van der Waals surface area contributed by atoms with Crippen molar-refractivity contribution < 1.29 is 9.84 Å². The van der Waals surface area contributed by atoms with Crippen molar-refractivity contribution in [3.05, 3.63) is 29.8 Å². The largest absolute Gasteiger partial charge is 0.494 e. The standard InChI is InChI=1S/C16H25NO2/c1-2-3-8-19-16-6-4-13(5-7-16)11-17-12-14-9-15(18)10-14/h4-7,14-15,17-18H,2-3,8-12H2,1H3. The van der Waals surface area contributed by atoms with Crippen molar-refractivity contribution >= 4 is 0 Å². The Hall–Kier alpha value is -1.06. The molecule has 1 aliphatic rings. The third kappa shape index (κ3) is 4.84. The lowest BCUT2D eigenvalue weighted by atomic mass is 9.82. The second-order valence-electron chi connectivity index (χ2n) is 5.47. The minimum atomic E-state index is -0.0497. The zero-order valence-corrected chi connectivity index (χ0v) is 11.8. The molecule has 0 unspecified atom stereocenters. The van der Waals surface area contributed by atoms with Gasteiger partial charge in [0.05, 0.1) is 12.7 Å². The van der Waals surface area contributed by atoms with Gasteiger partial charge in [-0.2, -0.15) is 0 Å². The third-order valence-corrected chi connectivity index (χ3v) is 3.66. The van der Waals surface area contributed by atoms with Crippen molar-refractivity contribution in [1.29, 1.82) is 0 Å². The lowest BCUT2D eigenvalue weighted by molar-refractivity contribution is 0.0430. The highest BCUT2D eigenvalue weighted by Crippen LogP contribution is 2.26. The fraction of sp³-hybridized carbons (Fsp3) is 0.625. The molecule has 0 amide bonds. The SMILES string of the molecule is CCCCOc1ccc(CNCC2CC(O)C2)cc1. The van der Waals surface area contributed by atoms with Crippen LogP contribution in [0.4, 0.5) is 0 Å². The summed E-state index contributed by atoms with van der Waals surface area (Å²) in [5, 5.41) is 12.7. The van der Waals surface area contributed by atoms with Gasteiger partial charge < -0.3 is 15.2 Å². The second kappa shape index (κ2) is 7.51. The Morgan fingerprint density at radius 3 is 2.63 bits per heavy atom. The van der Waals surface area contributed by atoms with Crippen molar-refractivity contribution in [3.8, 4) is 5.75 Å². The summed E-state index contributed by atoms with van der Waals surface area (Å²) in [5.74, 6) is 1.62. The summed E-state index contributed by atoms with van der Waals surface area (Å²) in [6.45, 7) is 4.87. The predicted octanol–water partition coefficient (Wildman–Crippen LogP) is 2.73. The zero-order chi connectivity index (χ0) is 13.5. The van der Waals surface area contributed by atoms with Gasteiger partial charge >= 0.3 is 0 Å². The average molecular weight is 263 g/mol. The Balaban J connectivity index is 1.64. The van der Waals surface area contributed by atoms with Crippen LogP contribution in [-0.4, -0.2) is 24.4 Å². The highest BCUT2D eigenvalue weighted by Gasteiger charge is 2.26. The van der Waals surface area contributed by atoms with Crippen molar-refractivity contribution in [3.63, 3.8) is 0 Å².